The van der Waals surface area contributed by atoms with Crippen molar-refractivity contribution in [2.24, 2.45) is 0 Å². The van der Waals surface area contributed by atoms with Crippen molar-refractivity contribution in [2.75, 3.05) is 0 Å². The fourth-order valence-electron chi connectivity index (χ4n) is 0.387. The Labute approximate surface area is 45.6 Å². The topological polar surface area (TPSA) is 40.5 Å². The van der Waals surface area contributed by atoms with Crippen LogP contribution in [0.2, 0.25) is 6.04 Å². The van der Waals surface area contributed by atoms with Gasteiger partial charge in [-0.15, -0.1) is 0 Å². The fourth-order valence-corrected chi connectivity index (χ4v) is 1.16. The largest absolute Gasteiger partial charge is 0.413 e. The molecule has 0 aliphatic carbocycles. The van der Waals surface area contributed by atoms with E-state index >= 15 is 0 Å². The van der Waals surface area contributed by atoms with Gasteiger partial charge in [-0.2, -0.15) is 0 Å². The molecule has 0 aliphatic heterocycles. The fraction of sp³-hybridized carbons (Fsp3) is 1.00. The molecule has 0 bridgehead atoms. The highest BCUT2D eigenvalue weighted by atomic mass is 28.3. The minimum absolute atomic E-state index is 0.649. The van der Waals surface area contributed by atoms with Gasteiger partial charge >= 0.3 is 9.28 Å². The Hall–Kier alpha value is 0.137. The molecule has 44 valence electrons. The predicted octanol–water partition coefficient (Wildman–Crippen LogP) is -0.00840. The first-order chi connectivity index (χ1) is 3.27. The van der Waals surface area contributed by atoms with Crippen LogP contribution in [0.5, 0.6) is 0 Å². The summed E-state index contributed by atoms with van der Waals surface area (Å²) in [6, 6.07) is 0.649. The van der Waals surface area contributed by atoms with Gasteiger partial charge in [0.15, 0.2) is 0 Å². The van der Waals surface area contributed by atoms with Crippen molar-refractivity contribution >= 4 is 9.28 Å². The molecule has 0 saturated carbocycles. The predicted molar refractivity (Wildman–Crippen MR) is 31.3 cm³/mol. The summed E-state index contributed by atoms with van der Waals surface area (Å²) < 4.78 is 0. The Morgan fingerprint density at radius 1 is 1.43 bits per heavy atom. The maximum Gasteiger partial charge on any atom is 0.315 e. The zero-order chi connectivity index (χ0) is 5.70. The zero-order valence-corrected chi connectivity index (χ0v) is 5.75. The molecule has 3 heteroatoms. The molecule has 0 saturated heterocycles. The molecule has 0 fully saturated rings. The first kappa shape index (κ1) is 7.14. The van der Waals surface area contributed by atoms with Gasteiger partial charge in [-0.1, -0.05) is 19.8 Å². The summed E-state index contributed by atoms with van der Waals surface area (Å²) in [7, 11) is -2.19. The highest BCUT2D eigenvalue weighted by molar-refractivity contribution is 6.40. The normalized spacial score (nSPS) is 10.3. The SMILES string of the molecule is CCCC[SiH](O)O. The monoisotopic (exact) mass is 120 g/mol. The third-order valence-electron chi connectivity index (χ3n) is 0.816. The van der Waals surface area contributed by atoms with Gasteiger partial charge in [-0.3, -0.25) is 0 Å². The van der Waals surface area contributed by atoms with Gasteiger partial charge in [-0.05, 0) is 6.04 Å². The van der Waals surface area contributed by atoms with Gasteiger partial charge in [0.1, 0.15) is 0 Å². The smallest absolute Gasteiger partial charge is 0.315 e. The maximum absolute atomic E-state index is 8.38. The average molecular weight is 120 g/mol. The van der Waals surface area contributed by atoms with Crippen LogP contribution in [0.25, 0.3) is 0 Å². The van der Waals surface area contributed by atoms with Crippen LogP contribution in [0, 0.1) is 0 Å². The molecule has 0 rings (SSSR count). The molecule has 0 aromatic heterocycles. The van der Waals surface area contributed by atoms with Gasteiger partial charge in [0.25, 0.3) is 0 Å². The summed E-state index contributed by atoms with van der Waals surface area (Å²) >= 11 is 0. The quantitative estimate of drug-likeness (QED) is 0.514. The molecule has 0 spiro atoms. The minimum Gasteiger partial charge on any atom is -0.413 e. The molecule has 0 amide bonds. The Balaban J connectivity index is 2.68. The third kappa shape index (κ3) is 6.14. The number of hydrogen-bond acceptors (Lipinski definition) is 2. The summed E-state index contributed by atoms with van der Waals surface area (Å²) in [5, 5.41) is 0. The van der Waals surface area contributed by atoms with E-state index < -0.39 is 9.28 Å². The lowest BCUT2D eigenvalue weighted by atomic mass is 10.4. The molecular weight excluding hydrogens is 108 g/mol. The molecule has 0 aromatic carbocycles. The standard InChI is InChI=1S/C4H12O2Si/c1-2-3-4-7(5)6/h5-7H,2-4H2,1H3. The highest BCUT2D eigenvalue weighted by Gasteiger charge is 1.97. The van der Waals surface area contributed by atoms with E-state index in [4.69, 9.17) is 9.59 Å². The number of rotatable bonds is 3. The van der Waals surface area contributed by atoms with E-state index in [0.29, 0.717) is 6.04 Å². The van der Waals surface area contributed by atoms with Crippen molar-refractivity contribution in [2.45, 2.75) is 25.8 Å². The number of hydrogen-bond donors (Lipinski definition) is 2. The van der Waals surface area contributed by atoms with Crippen LogP contribution in [0.1, 0.15) is 19.8 Å². The van der Waals surface area contributed by atoms with Crippen LogP contribution in [-0.2, 0) is 0 Å². The molecule has 0 radical (unpaired) electrons. The lowest BCUT2D eigenvalue weighted by Gasteiger charge is -1.94. The Bertz CT molecular complexity index is 38.7. The molecule has 0 atom stereocenters. The van der Waals surface area contributed by atoms with Gasteiger partial charge in [-0.25, -0.2) is 0 Å². The molecule has 0 aliphatic rings. The molecule has 2 N–H and O–H groups in total. The Morgan fingerprint density at radius 3 is 2.14 bits per heavy atom. The van der Waals surface area contributed by atoms with E-state index in [1.807, 2.05) is 6.92 Å². The van der Waals surface area contributed by atoms with Crippen molar-refractivity contribution in [3.8, 4) is 0 Å². The van der Waals surface area contributed by atoms with E-state index in [2.05, 4.69) is 0 Å². The van der Waals surface area contributed by atoms with Crippen molar-refractivity contribution < 1.29 is 9.59 Å². The molecule has 2 nitrogen and oxygen atoms in total. The van der Waals surface area contributed by atoms with Gasteiger partial charge < -0.3 is 9.59 Å². The van der Waals surface area contributed by atoms with E-state index in [9.17, 15) is 0 Å². The van der Waals surface area contributed by atoms with Crippen LogP contribution in [0.3, 0.4) is 0 Å². The second kappa shape index (κ2) is 4.30. The first-order valence-electron chi connectivity index (χ1n) is 2.63. The van der Waals surface area contributed by atoms with Crippen molar-refractivity contribution in [1.29, 1.82) is 0 Å². The van der Waals surface area contributed by atoms with Crippen LogP contribution < -0.4 is 0 Å². The second-order valence-electron chi connectivity index (χ2n) is 1.62. The zero-order valence-electron chi connectivity index (χ0n) is 4.59. The van der Waals surface area contributed by atoms with E-state index in [1.165, 1.54) is 0 Å². The van der Waals surface area contributed by atoms with E-state index in [0.717, 1.165) is 12.8 Å². The average Bonchev–Trinajstić information content (AvgIpc) is 1.61. The maximum atomic E-state index is 8.38. The van der Waals surface area contributed by atoms with Crippen molar-refractivity contribution in [3.63, 3.8) is 0 Å². The summed E-state index contributed by atoms with van der Waals surface area (Å²) in [4.78, 5) is 16.8. The van der Waals surface area contributed by atoms with Crippen molar-refractivity contribution in [1.82, 2.24) is 0 Å². The summed E-state index contributed by atoms with van der Waals surface area (Å²) in [5.41, 5.74) is 0. The molecular formula is C4H12O2Si. The third-order valence-corrected chi connectivity index (χ3v) is 1.74. The minimum atomic E-state index is -2.19. The summed E-state index contributed by atoms with van der Waals surface area (Å²) in [5.74, 6) is 0. The molecule has 0 heterocycles. The van der Waals surface area contributed by atoms with Crippen LogP contribution in [0.4, 0.5) is 0 Å². The Kier molecular flexibility index (Phi) is 4.38. The molecule has 0 aromatic rings. The van der Waals surface area contributed by atoms with Gasteiger partial charge in [0.2, 0.25) is 0 Å². The van der Waals surface area contributed by atoms with Gasteiger partial charge in [0, 0.05) is 0 Å². The summed E-state index contributed by atoms with van der Waals surface area (Å²) in [6.07, 6.45) is 2.02. The highest BCUT2D eigenvalue weighted by Crippen LogP contribution is 1.94. The van der Waals surface area contributed by atoms with Crippen LogP contribution in [-0.4, -0.2) is 18.9 Å². The summed E-state index contributed by atoms with van der Waals surface area (Å²) in [6.45, 7) is 2.04. The number of unbranched alkanes of at least 4 members (excludes halogenated alkanes) is 1. The Morgan fingerprint density at radius 2 is 2.00 bits per heavy atom. The lowest BCUT2D eigenvalue weighted by Crippen LogP contribution is -2.08. The van der Waals surface area contributed by atoms with Crippen LogP contribution >= 0.6 is 0 Å². The van der Waals surface area contributed by atoms with E-state index in [1.54, 1.807) is 0 Å². The van der Waals surface area contributed by atoms with E-state index in [-0.39, 0.29) is 0 Å². The van der Waals surface area contributed by atoms with Crippen molar-refractivity contribution in [3.05, 3.63) is 0 Å². The lowest BCUT2D eigenvalue weighted by molar-refractivity contribution is 0.403. The van der Waals surface area contributed by atoms with Crippen LogP contribution in [0.15, 0.2) is 0 Å². The molecule has 0 unspecified atom stereocenters. The second-order valence-corrected chi connectivity index (χ2v) is 3.16. The molecule has 7 heavy (non-hydrogen) atoms. The van der Waals surface area contributed by atoms with Gasteiger partial charge in [0.05, 0.1) is 0 Å². The first-order valence-corrected chi connectivity index (χ1v) is 4.48.